The summed E-state index contributed by atoms with van der Waals surface area (Å²) < 4.78 is 22.5. The number of esters is 1. The lowest BCUT2D eigenvalue weighted by molar-refractivity contribution is -0.138. The lowest BCUT2D eigenvalue weighted by atomic mass is 9.71. The molecule has 1 N–H and O–H groups in total. The summed E-state index contributed by atoms with van der Waals surface area (Å²) in [5.74, 6) is 0.879. The van der Waals surface area contributed by atoms with Crippen LogP contribution in [0.3, 0.4) is 0 Å². The largest absolute Gasteiger partial charge is 0.493 e. The molecule has 0 saturated carbocycles. The van der Waals surface area contributed by atoms with E-state index in [2.05, 4.69) is 5.32 Å². The molecule has 212 valence electrons. The Balaban J connectivity index is 1.51. The number of hydrogen-bond donors (Lipinski definition) is 1. The minimum Gasteiger partial charge on any atom is -0.493 e. The first kappa shape index (κ1) is 28.0. The van der Waals surface area contributed by atoms with E-state index in [-0.39, 0.29) is 18.3 Å². The molecule has 0 unspecified atom stereocenters. The molecule has 0 amide bonds. The van der Waals surface area contributed by atoms with Crippen LogP contribution in [0, 0.1) is 0 Å². The molecule has 0 bridgehead atoms. The summed E-state index contributed by atoms with van der Waals surface area (Å²) in [4.78, 5) is 27.2. The Morgan fingerprint density at radius 1 is 0.902 bits per heavy atom. The van der Waals surface area contributed by atoms with Gasteiger partial charge in [0.25, 0.3) is 0 Å². The Morgan fingerprint density at radius 2 is 1.68 bits per heavy atom. The average Bonchev–Trinajstić information content (AvgIpc) is 2.99. The number of carbonyl (C=O) groups is 2. The van der Waals surface area contributed by atoms with Gasteiger partial charge in [0, 0.05) is 29.3 Å². The van der Waals surface area contributed by atoms with E-state index in [1.807, 2.05) is 79.7 Å². The third kappa shape index (κ3) is 5.85. The Labute approximate surface area is 240 Å². The topological polar surface area (TPSA) is 83.1 Å². The summed E-state index contributed by atoms with van der Waals surface area (Å²) in [5.41, 5.74) is 5.42. The van der Waals surface area contributed by atoms with E-state index in [1.54, 1.807) is 21.1 Å². The number of ether oxygens (including phenoxy) is 4. The second-order valence-electron chi connectivity index (χ2n) is 10.2. The van der Waals surface area contributed by atoms with Crippen molar-refractivity contribution < 1.29 is 28.5 Å². The molecular formula is C34H35NO6. The number of carbonyl (C=O) groups excluding carboxylic acids is 2. The van der Waals surface area contributed by atoms with E-state index in [9.17, 15) is 9.59 Å². The Bertz CT molecular complexity index is 1510. The predicted molar refractivity (Wildman–Crippen MR) is 156 cm³/mol. The van der Waals surface area contributed by atoms with Crippen LogP contribution in [0.15, 0.2) is 95.3 Å². The molecule has 5 rings (SSSR count). The highest BCUT2D eigenvalue weighted by Crippen LogP contribution is 2.47. The average molecular weight is 554 g/mol. The third-order valence-electron chi connectivity index (χ3n) is 7.64. The summed E-state index contributed by atoms with van der Waals surface area (Å²) in [6.07, 6.45) is 0.927. The lowest BCUT2D eigenvalue weighted by Gasteiger charge is -2.36. The van der Waals surface area contributed by atoms with Crippen LogP contribution in [0.5, 0.6) is 17.2 Å². The maximum atomic E-state index is 13.9. The molecule has 1 heterocycles. The zero-order chi connectivity index (χ0) is 28.9. The van der Waals surface area contributed by atoms with Gasteiger partial charge in [-0.2, -0.15) is 0 Å². The third-order valence-corrected chi connectivity index (χ3v) is 7.64. The minimum atomic E-state index is -0.565. The van der Waals surface area contributed by atoms with Crippen molar-refractivity contribution in [2.75, 3.05) is 20.8 Å². The summed E-state index contributed by atoms with van der Waals surface area (Å²) in [5, 5.41) is 3.40. The molecule has 7 heteroatoms. The van der Waals surface area contributed by atoms with Crippen LogP contribution in [0.4, 0.5) is 0 Å². The highest BCUT2D eigenvalue weighted by atomic mass is 16.5. The monoisotopic (exact) mass is 553 g/mol. The molecule has 0 radical (unpaired) electrons. The van der Waals surface area contributed by atoms with Crippen LogP contribution in [0.25, 0.3) is 0 Å². The molecule has 3 aromatic rings. The standard InChI is InChI=1S/C34H35NO6/c1-5-40-34(37)31-21(2)35-27-17-25(23-14-15-29(38-3)30(19-23)39-4)18-28(36)33(27)32(31)24-12-9-13-26(16-24)41-20-22-10-7-6-8-11-22/h6-16,19,25,32,35H,5,17-18,20H2,1-4H3/t25-,32+/m0/s1. The van der Waals surface area contributed by atoms with Crippen molar-refractivity contribution in [3.8, 4) is 17.2 Å². The molecule has 0 fully saturated rings. The summed E-state index contributed by atoms with van der Waals surface area (Å²) >= 11 is 0. The van der Waals surface area contributed by atoms with Crippen LogP contribution in [-0.4, -0.2) is 32.6 Å². The first-order chi connectivity index (χ1) is 19.9. The number of hydrogen-bond acceptors (Lipinski definition) is 7. The van der Waals surface area contributed by atoms with Gasteiger partial charge in [-0.25, -0.2) is 4.79 Å². The summed E-state index contributed by atoms with van der Waals surface area (Å²) in [6, 6.07) is 23.4. The lowest BCUT2D eigenvalue weighted by Crippen LogP contribution is -2.36. The fraction of sp³-hybridized carbons (Fsp3) is 0.294. The smallest absolute Gasteiger partial charge is 0.336 e. The van der Waals surface area contributed by atoms with Gasteiger partial charge in [0.2, 0.25) is 0 Å². The Morgan fingerprint density at radius 3 is 2.41 bits per heavy atom. The van der Waals surface area contributed by atoms with Gasteiger partial charge in [0.15, 0.2) is 17.3 Å². The van der Waals surface area contributed by atoms with E-state index in [0.717, 1.165) is 22.4 Å². The number of Topliss-reactive ketones (excluding diaryl/α,β-unsaturated/α-hetero) is 1. The van der Waals surface area contributed by atoms with Crippen LogP contribution in [0.1, 0.15) is 55.2 Å². The van der Waals surface area contributed by atoms with Gasteiger partial charge in [-0.15, -0.1) is 0 Å². The van der Waals surface area contributed by atoms with Crippen molar-refractivity contribution in [2.45, 2.75) is 45.1 Å². The molecule has 0 aromatic heterocycles. The number of benzene rings is 3. The van der Waals surface area contributed by atoms with Gasteiger partial charge < -0.3 is 24.3 Å². The highest BCUT2D eigenvalue weighted by molar-refractivity contribution is 6.04. The quantitative estimate of drug-likeness (QED) is 0.316. The normalized spacial score (nSPS) is 18.4. The second-order valence-corrected chi connectivity index (χ2v) is 10.2. The SMILES string of the molecule is CCOC(=O)C1=C(C)NC2=C(C(=O)C[C@@H](c3ccc(OC)c(OC)c3)C2)[C@@H]1c1cccc(OCc2ccccc2)c1. The fourth-order valence-corrected chi connectivity index (χ4v) is 5.72. The first-order valence-corrected chi connectivity index (χ1v) is 13.8. The van der Waals surface area contributed by atoms with Gasteiger partial charge in [0.1, 0.15) is 12.4 Å². The first-order valence-electron chi connectivity index (χ1n) is 13.8. The Hall–Kier alpha value is -4.52. The summed E-state index contributed by atoms with van der Waals surface area (Å²) in [7, 11) is 3.20. The molecular weight excluding hydrogens is 518 g/mol. The van der Waals surface area contributed by atoms with E-state index in [1.165, 1.54) is 0 Å². The molecule has 3 aromatic carbocycles. The van der Waals surface area contributed by atoms with Crippen molar-refractivity contribution in [3.05, 3.63) is 112 Å². The van der Waals surface area contributed by atoms with E-state index >= 15 is 0 Å². The molecule has 0 spiro atoms. The van der Waals surface area contributed by atoms with Crippen LogP contribution < -0.4 is 19.5 Å². The molecule has 7 nitrogen and oxygen atoms in total. The second kappa shape index (κ2) is 12.3. The van der Waals surface area contributed by atoms with E-state index in [0.29, 0.717) is 53.5 Å². The number of rotatable bonds is 9. The zero-order valence-electron chi connectivity index (χ0n) is 23.9. The predicted octanol–water partition coefficient (Wildman–Crippen LogP) is 6.21. The number of allylic oxidation sites excluding steroid dienone is 3. The summed E-state index contributed by atoms with van der Waals surface area (Å²) in [6.45, 7) is 4.30. The maximum absolute atomic E-state index is 13.9. The van der Waals surface area contributed by atoms with Crippen LogP contribution in [-0.2, 0) is 20.9 Å². The number of methoxy groups -OCH3 is 2. The molecule has 0 saturated heterocycles. The molecule has 2 aliphatic rings. The number of ketones is 1. The fourth-order valence-electron chi connectivity index (χ4n) is 5.72. The Kier molecular flexibility index (Phi) is 8.43. The zero-order valence-corrected chi connectivity index (χ0v) is 23.9. The van der Waals surface area contributed by atoms with Gasteiger partial charge in [0.05, 0.1) is 26.4 Å². The van der Waals surface area contributed by atoms with Gasteiger partial charge >= 0.3 is 5.97 Å². The van der Waals surface area contributed by atoms with Crippen molar-refractivity contribution in [1.29, 1.82) is 0 Å². The van der Waals surface area contributed by atoms with Crippen molar-refractivity contribution in [2.24, 2.45) is 0 Å². The van der Waals surface area contributed by atoms with E-state index < -0.39 is 11.9 Å². The molecule has 2 atom stereocenters. The van der Waals surface area contributed by atoms with Crippen molar-refractivity contribution in [3.63, 3.8) is 0 Å². The molecule has 1 aliphatic heterocycles. The van der Waals surface area contributed by atoms with Crippen LogP contribution in [0.2, 0.25) is 0 Å². The number of nitrogens with one attached hydrogen (secondary N) is 1. The van der Waals surface area contributed by atoms with Gasteiger partial charge in [-0.1, -0.05) is 48.5 Å². The van der Waals surface area contributed by atoms with Gasteiger partial charge in [-0.05, 0) is 67.1 Å². The minimum absolute atomic E-state index is 0.00607. The van der Waals surface area contributed by atoms with E-state index in [4.69, 9.17) is 18.9 Å². The number of dihydropyridines is 1. The van der Waals surface area contributed by atoms with Crippen molar-refractivity contribution in [1.82, 2.24) is 5.32 Å². The van der Waals surface area contributed by atoms with Crippen LogP contribution >= 0.6 is 0 Å². The molecule has 1 aliphatic carbocycles. The maximum Gasteiger partial charge on any atom is 0.336 e. The van der Waals surface area contributed by atoms with Gasteiger partial charge in [-0.3, -0.25) is 4.79 Å². The molecule has 41 heavy (non-hydrogen) atoms. The highest BCUT2D eigenvalue weighted by Gasteiger charge is 2.41. The van der Waals surface area contributed by atoms with Crippen molar-refractivity contribution >= 4 is 11.8 Å².